The van der Waals surface area contributed by atoms with Crippen molar-refractivity contribution in [1.29, 1.82) is 0 Å². The maximum absolute atomic E-state index is 10.8. The van der Waals surface area contributed by atoms with Gasteiger partial charge < -0.3 is 0 Å². The van der Waals surface area contributed by atoms with Crippen LogP contribution in [0.1, 0.15) is 13.3 Å². The van der Waals surface area contributed by atoms with E-state index in [0.29, 0.717) is 6.42 Å². The average Bonchev–Trinajstić information content (AvgIpc) is 1.99. The van der Waals surface area contributed by atoms with Crippen molar-refractivity contribution in [3.8, 4) is 0 Å². The van der Waals surface area contributed by atoms with Crippen LogP contribution in [0.4, 0.5) is 0 Å². The lowest BCUT2D eigenvalue weighted by Gasteiger charge is -2.01. The van der Waals surface area contributed by atoms with Crippen molar-refractivity contribution in [2.24, 2.45) is 5.11 Å². The zero-order chi connectivity index (χ0) is 7.98. The summed E-state index contributed by atoms with van der Waals surface area (Å²) >= 11 is 2.99. The molecule has 5 heteroatoms. The maximum Gasteiger partial charge on any atom is 0.152 e. The smallest absolute Gasteiger partial charge is 0.152 e. The third kappa shape index (κ3) is 2.85. The molecule has 10 heavy (non-hydrogen) atoms. The van der Waals surface area contributed by atoms with Gasteiger partial charge in [-0.25, -0.2) is 0 Å². The summed E-state index contributed by atoms with van der Waals surface area (Å²) in [5.74, 6) is -0.0692. The number of alkyl halides is 1. The molecule has 0 bridgehead atoms. The van der Waals surface area contributed by atoms with Crippen molar-refractivity contribution in [2.75, 3.05) is 5.33 Å². The lowest BCUT2D eigenvalue weighted by molar-refractivity contribution is -0.117. The van der Waals surface area contributed by atoms with Gasteiger partial charge in [-0.15, -0.1) is 0 Å². The van der Waals surface area contributed by atoms with Crippen molar-refractivity contribution in [3.63, 3.8) is 0 Å². The molecule has 0 rings (SSSR count). The molecule has 0 aliphatic rings. The summed E-state index contributed by atoms with van der Waals surface area (Å²) in [5.41, 5.74) is 8.00. The van der Waals surface area contributed by atoms with E-state index in [-0.39, 0.29) is 11.1 Å². The molecule has 0 heterocycles. The van der Waals surface area contributed by atoms with Gasteiger partial charge in [0.1, 0.15) is 0 Å². The molecule has 1 atom stereocenters. The predicted octanol–water partition coefficient (Wildman–Crippen LogP) is 2.04. The Bertz CT molecular complexity index is 164. The number of azide groups is 1. The van der Waals surface area contributed by atoms with Crippen LogP contribution in [-0.4, -0.2) is 17.2 Å². The summed E-state index contributed by atoms with van der Waals surface area (Å²) in [7, 11) is 0. The first kappa shape index (κ1) is 9.46. The minimum atomic E-state index is -0.496. The van der Waals surface area contributed by atoms with Crippen LogP contribution < -0.4 is 0 Å². The Kier molecular flexibility index (Phi) is 4.98. The summed E-state index contributed by atoms with van der Waals surface area (Å²) in [6.07, 6.45) is 0.564. The minimum Gasteiger partial charge on any atom is -0.298 e. The molecule has 0 spiro atoms. The number of nitrogens with zero attached hydrogens (tertiary/aromatic N) is 3. The fourth-order valence-electron chi connectivity index (χ4n) is 0.525. The Morgan fingerprint density at radius 2 is 2.50 bits per heavy atom. The fourth-order valence-corrected chi connectivity index (χ4v) is 0.899. The fraction of sp³-hybridized carbons (Fsp3) is 0.800. The Morgan fingerprint density at radius 3 is 2.80 bits per heavy atom. The van der Waals surface area contributed by atoms with Gasteiger partial charge >= 0.3 is 0 Å². The van der Waals surface area contributed by atoms with Gasteiger partial charge in [-0.3, -0.25) is 4.79 Å². The molecular formula is C5H8BrN3O. The summed E-state index contributed by atoms with van der Waals surface area (Å²) in [6, 6.07) is -0.496. The summed E-state index contributed by atoms with van der Waals surface area (Å²) in [4.78, 5) is 13.4. The standard InChI is InChI=1S/C5H8BrN3O/c1-2-4(8-9-7)5(10)3-6/h4H,2-3H2,1H3. The van der Waals surface area contributed by atoms with Crippen molar-refractivity contribution in [2.45, 2.75) is 19.4 Å². The second-order valence-electron chi connectivity index (χ2n) is 1.73. The molecule has 0 amide bonds. The van der Waals surface area contributed by atoms with Crippen molar-refractivity contribution in [3.05, 3.63) is 10.4 Å². The number of rotatable bonds is 4. The Labute approximate surface area is 67.4 Å². The molecule has 0 aliphatic carbocycles. The topological polar surface area (TPSA) is 65.8 Å². The lowest BCUT2D eigenvalue weighted by Crippen LogP contribution is -2.17. The number of carbonyl (C=O) groups is 1. The normalized spacial score (nSPS) is 11.8. The SMILES string of the molecule is CCC(N=[N+]=[N-])C(=O)CBr. The number of ketones is 1. The highest BCUT2D eigenvalue weighted by molar-refractivity contribution is 9.09. The Morgan fingerprint density at radius 1 is 1.90 bits per heavy atom. The first-order valence-corrected chi connectivity index (χ1v) is 4.01. The average molecular weight is 206 g/mol. The molecule has 0 radical (unpaired) electrons. The summed E-state index contributed by atoms with van der Waals surface area (Å²) < 4.78 is 0. The molecule has 0 aromatic rings. The summed E-state index contributed by atoms with van der Waals surface area (Å²) in [6.45, 7) is 1.81. The van der Waals surface area contributed by atoms with Crippen molar-refractivity contribution in [1.82, 2.24) is 0 Å². The highest BCUT2D eigenvalue weighted by atomic mass is 79.9. The predicted molar refractivity (Wildman–Crippen MR) is 42.0 cm³/mol. The van der Waals surface area contributed by atoms with E-state index in [0.717, 1.165) is 0 Å². The van der Waals surface area contributed by atoms with E-state index in [1.54, 1.807) is 6.92 Å². The largest absolute Gasteiger partial charge is 0.298 e. The Balaban J connectivity index is 4.05. The minimum absolute atomic E-state index is 0.0692. The Hall–Kier alpha value is -0.540. The number of hydrogen-bond donors (Lipinski definition) is 0. The third-order valence-electron chi connectivity index (χ3n) is 1.08. The first-order chi connectivity index (χ1) is 4.76. The van der Waals surface area contributed by atoms with Crippen LogP contribution in [0.25, 0.3) is 10.4 Å². The molecule has 0 aliphatic heterocycles. The van der Waals surface area contributed by atoms with E-state index in [4.69, 9.17) is 5.53 Å². The first-order valence-electron chi connectivity index (χ1n) is 2.89. The van der Waals surface area contributed by atoms with Crippen molar-refractivity contribution >= 4 is 21.7 Å². The zero-order valence-electron chi connectivity index (χ0n) is 5.62. The molecular weight excluding hydrogens is 198 g/mol. The van der Waals surface area contributed by atoms with E-state index < -0.39 is 6.04 Å². The van der Waals surface area contributed by atoms with Crippen LogP contribution in [0.3, 0.4) is 0 Å². The number of halogens is 1. The highest BCUT2D eigenvalue weighted by Crippen LogP contribution is 2.01. The zero-order valence-corrected chi connectivity index (χ0v) is 7.21. The highest BCUT2D eigenvalue weighted by Gasteiger charge is 2.11. The molecule has 0 aromatic carbocycles. The van der Waals surface area contributed by atoms with E-state index in [1.807, 2.05) is 0 Å². The monoisotopic (exact) mass is 205 g/mol. The number of Topliss-reactive ketones (excluding diaryl/α,β-unsaturated/α-hetero) is 1. The van der Waals surface area contributed by atoms with Gasteiger partial charge in [-0.2, -0.15) is 0 Å². The van der Waals surface area contributed by atoms with Crippen LogP contribution in [0, 0.1) is 0 Å². The van der Waals surface area contributed by atoms with Crippen LogP contribution in [0.15, 0.2) is 5.11 Å². The van der Waals surface area contributed by atoms with E-state index in [2.05, 4.69) is 26.0 Å². The maximum atomic E-state index is 10.8. The lowest BCUT2D eigenvalue weighted by atomic mass is 10.2. The molecule has 0 aromatic heterocycles. The van der Waals surface area contributed by atoms with Gasteiger partial charge in [0.2, 0.25) is 0 Å². The van der Waals surface area contributed by atoms with Gasteiger partial charge in [0.15, 0.2) is 5.78 Å². The van der Waals surface area contributed by atoms with Crippen LogP contribution in [0.2, 0.25) is 0 Å². The number of hydrogen-bond acceptors (Lipinski definition) is 2. The molecule has 0 N–H and O–H groups in total. The van der Waals surface area contributed by atoms with Crippen molar-refractivity contribution < 1.29 is 4.79 Å². The van der Waals surface area contributed by atoms with Crippen LogP contribution in [-0.2, 0) is 4.79 Å². The van der Waals surface area contributed by atoms with Crippen LogP contribution >= 0.6 is 15.9 Å². The molecule has 0 saturated carbocycles. The molecule has 4 nitrogen and oxygen atoms in total. The van der Waals surface area contributed by atoms with E-state index in [9.17, 15) is 4.79 Å². The molecule has 0 saturated heterocycles. The van der Waals surface area contributed by atoms with Gasteiger partial charge in [0.05, 0.1) is 11.4 Å². The third-order valence-corrected chi connectivity index (χ3v) is 1.63. The van der Waals surface area contributed by atoms with E-state index in [1.165, 1.54) is 0 Å². The quantitative estimate of drug-likeness (QED) is 0.300. The number of carbonyl (C=O) groups excluding carboxylic acids is 1. The van der Waals surface area contributed by atoms with Gasteiger partial charge in [-0.05, 0) is 12.0 Å². The summed E-state index contributed by atoms with van der Waals surface area (Å²) in [5, 5.41) is 3.57. The van der Waals surface area contributed by atoms with Gasteiger partial charge in [0.25, 0.3) is 0 Å². The molecule has 0 fully saturated rings. The van der Waals surface area contributed by atoms with E-state index >= 15 is 0 Å². The van der Waals surface area contributed by atoms with Gasteiger partial charge in [0, 0.05) is 4.91 Å². The second kappa shape index (κ2) is 5.26. The second-order valence-corrected chi connectivity index (χ2v) is 2.29. The van der Waals surface area contributed by atoms with Gasteiger partial charge in [-0.1, -0.05) is 28.0 Å². The van der Waals surface area contributed by atoms with Crippen LogP contribution in [0.5, 0.6) is 0 Å². The molecule has 56 valence electrons. The molecule has 1 unspecified atom stereocenters.